The van der Waals surface area contributed by atoms with Crippen LogP contribution in [0.15, 0.2) is 29.9 Å². The molecule has 0 unspecified atom stereocenters. The summed E-state index contributed by atoms with van der Waals surface area (Å²) in [5.41, 5.74) is 2.83. The highest BCUT2D eigenvalue weighted by atomic mass is 32.1. The molecule has 1 fully saturated rings. The van der Waals surface area contributed by atoms with Crippen LogP contribution in [0.5, 0.6) is 11.5 Å². The molecule has 5 nitrogen and oxygen atoms in total. The Morgan fingerprint density at radius 3 is 3.10 bits per heavy atom. The molecule has 1 aliphatic rings. The lowest BCUT2D eigenvalue weighted by Crippen LogP contribution is -2.16. The fraction of sp³-hybridized carbons (Fsp3) is 0.400. The molecular formula is C15H18N2O3S. The number of rotatable bonds is 6. The van der Waals surface area contributed by atoms with Crippen molar-refractivity contribution in [2.75, 3.05) is 25.6 Å². The van der Waals surface area contributed by atoms with E-state index in [1.165, 1.54) is 4.88 Å². The summed E-state index contributed by atoms with van der Waals surface area (Å²) >= 11 is 1.63. The molecule has 1 saturated heterocycles. The maximum atomic E-state index is 5.98. The van der Waals surface area contributed by atoms with Crippen LogP contribution in [0.4, 0.5) is 5.69 Å². The van der Waals surface area contributed by atoms with Gasteiger partial charge in [-0.15, -0.1) is 11.3 Å². The van der Waals surface area contributed by atoms with Gasteiger partial charge < -0.3 is 19.5 Å². The van der Waals surface area contributed by atoms with Gasteiger partial charge in [0.05, 0.1) is 32.4 Å². The molecule has 2 heterocycles. The van der Waals surface area contributed by atoms with Crippen molar-refractivity contribution in [1.82, 2.24) is 4.98 Å². The fourth-order valence-corrected chi connectivity index (χ4v) is 2.72. The van der Waals surface area contributed by atoms with Gasteiger partial charge in [0.25, 0.3) is 0 Å². The predicted molar refractivity (Wildman–Crippen MR) is 82.3 cm³/mol. The quantitative estimate of drug-likeness (QED) is 0.889. The number of hydrogen-bond acceptors (Lipinski definition) is 6. The topological polar surface area (TPSA) is 52.6 Å². The minimum absolute atomic E-state index is 0.107. The molecule has 1 aromatic heterocycles. The van der Waals surface area contributed by atoms with Crippen LogP contribution in [-0.4, -0.2) is 31.4 Å². The Balaban J connectivity index is 1.69. The van der Waals surface area contributed by atoms with Crippen molar-refractivity contribution in [3.63, 3.8) is 0 Å². The molecule has 2 aromatic rings. The van der Waals surface area contributed by atoms with Crippen molar-refractivity contribution in [1.29, 1.82) is 0 Å². The summed E-state index contributed by atoms with van der Waals surface area (Å²) in [6, 6.07) is 5.87. The van der Waals surface area contributed by atoms with Crippen molar-refractivity contribution in [2.45, 2.75) is 19.1 Å². The first-order valence-corrected chi connectivity index (χ1v) is 7.77. The van der Waals surface area contributed by atoms with Crippen LogP contribution in [0.25, 0.3) is 0 Å². The van der Waals surface area contributed by atoms with Gasteiger partial charge in [0, 0.05) is 29.2 Å². The highest BCUT2D eigenvalue weighted by Gasteiger charge is 2.19. The Hall–Kier alpha value is -1.79. The molecule has 0 aliphatic carbocycles. The highest BCUT2D eigenvalue weighted by Crippen LogP contribution is 2.32. The van der Waals surface area contributed by atoms with E-state index >= 15 is 0 Å². The minimum Gasteiger partial charge on any atom is -0.493 e. The Kier molecular flexibility index (Phi) is 4.57. The zero-order valence-corrected chi connectivity index (χ0v) is 12.7. The first-order chi connectivity index (χ1) is 10.3. The summed E-state index contributed by atoms with van der Waals surface area (Å²) in [5, 5.41) is 3.37. The van der Waals surface area contributed by atoms with Gasteiger partial charge in [-0.25, -0.2) is 0 Å². The van der Waals surface area contributed by atoms with Crippen LogP contribution in [-0.2, 0) is 11.3 Å². The van der Waals surface area contributed by atoms with Crippen LogP contribution >= 0.6 is 11.3 Å². The van der Waals surface area contributed by atoms with Gasteiger partial charge >= 0.3 is 0 Å². The zero-order chi connectivity index (χ0) is 14.5. The number of aromatic nitrogens is 1. The van der Waals surface area contributed by atoms with E-state index in [4.69, 9.17) is 14.2 Å². The van der Waals surface area contributed by atoms with Crippen LogP contribution in [0.2, 0.25) is 0 Å². The van der Waals surface area contributed by atoms with Gasteiger partial charge in [-0.2, -0.15) is 0 Å². The molecular weight excluding hydrogens is 288 g/mol. The fourth-order valence-electron chi connectivity index (χ4n) is 2.18. The van der Waals surface area contributed by atoms with E-state index in [2.05, 4.69) is 10.3 Å². The van der Waals surface area contributed by atoms with Crippen LogP contribution in [0.1, 0.15) is 11.3 Å². The molecule has 3 rings (SSSR count). The second kappa shape index (κ2) is 6.78. The van der Waals surface area contributed by atoms with Crippen molar-refractivity contribution >= 4 is 17.0 Å². The van der Waals surface area contributed by atoms with E-state index in [1.807, 2.05) is 29.9 Å². The summed E-state index contributed by atoms with van der Waals surface area (Å²) in [5.74, 6) is 1.49. The predicted octanol–water partition coefficient (Wildman–Crippen LogP) is 2.93. The number of ether oxygens (including phenoxy) is 3. The van der Waals surface area contributed by atoms with E-state index in [0.717, 1.165) is 36.8 Å². The molecule has 0 amide bonds. The van der Waals surface area contributed by atoms with Gasteiger partial charge in [0.15, 0.2) is 11.5 Å². The van der Waals surface area contributed by atoms with Crippen molar-refractivity contribution in [3.05, 3.63) is 34.8 Å². The van der Waals surface area contributed by atoms with Gasteiger partial charge in [0.1, 0.15) is 6.10 Å². The first-order valence-electron chi connectivity index (χ1n) is 6.89. The lowest BCUT2D eigenvalue weighted by Gasteiger charge is -2.16. The second-order valence-corrected chi connectivity index (χ2v) is 5.76. The molecule has 1 N–H and O–H groups in total. The number of hydrogen-bond donors (Lipinski definition) is 1. The third kappa shape index (κ3) is 3.65. The summed E-state index contributed by atoms with van der Waals surface area (Å²) in [6.45, 7) is 2.15. The summed E-state index contributed by atoms with van der Waals surface area (Å²) in [7, 11) is 1.65. The largest absolute Gasteiger partial charge is 0.493 e. The SMILES string of the molecule is COc1ccc(NCc2cncs2)cc1O[C@@H]1CCOC1. The maximum Gasteiger partial charge on any atom is 0.163 e. The number of nitrogens with zero attached hydrogens (tertiary/aromatic N) is 1. The average molecular weight is 306 g/mol. The third-order valence-electron chi connectivity index (χ3n) is 3.30. The summed E-state index contributed by atoms with van der Waals surface area (Å²) < 4.78 is 16.7. The molecule has 112 valence electrons. The smallest absolute Gasteiger partial charge is 0.163 e. The van der Waals surface area contributed by atoms with Crippen LogP contribution in [0, 0.1) is 0 Å². The first kappa shape index (κ1) is 14.2. The van der Waals surface area contributed by atoms with E-state index in [-0.39, 0.29) is 6.10 Å². The number of thiazole rings is 1. The Bertz CT molecular complexity index is 568. The Labute approximate surface area is 127 Å². The number of nitrogens with one attached hydrogen (secondary N) is 1. The molecule has 1 aromatic carbocycles. The molecule has 0 spiro atoms. The number of anilines is 1. The molecule has 1 atom stereocenters. The van der Waals surface area contributed by atoms with Gasteiger partial charge in [-0.3, -0.25) is 4.98 Å². The molecule has 6 heteroatoms. The van der Waals surface area contributed by atoms with Crippen molar-refractivity contribution < 1.29 is 14.2 Å². The van der Waals surface area contributed by atoms with Crippen LogP contribution < -0.4 is 14.8 Å². The number of benzene rings is 1. The molecule has 21 heavy (non-hydrogen) atoms. The van der Waals surface area contributed by atoms with Gasteiger partial charge in [-0.05, 0) is 12.1 Å². The lowest BCUT2D eigenvalue weighted by atomic mass is 10.2. The summed E-state index contributed by atoms with van der Waals surface area (Å²) in [4.78, 5) is 5.26. The van der Waals surface area contributed by atoms with Crippen LogP contribution in [0.3, 0.4) is 0 Å². The van der Waals surface area contributed by atoms with E-state index in [1.54, 1.807) is 18.4 Å². The molecule has 0 bridgehead atoms. The zero-order valence-electron chi connectivity index (χ0n) is 11.9. The average Bonchev–Trinajstić information content (AvgIpc) is 3.18. The maximum absolute atomic E-state index is 5.98. The van der Waals surface area contributed by atoms with Gasteiger partial charge in [0.2, 0.25) is 0 Å². The third-order valence-corrected chi connectivity index (χ3v) is 4.07. The number of methoxy groups -OCH3 is 1. The van der Waals surface area contributed by atoms with Crippen molar-refractivity contribution in [2.24, 2.45) is 0 Å². The lowest BCUT2D eigenvalue weighted by molar-refractivity contribution is 0.138. The highest BCUT2D eigenvalue weighted by molar-refractivity contribution is 7.09. The van der Waals surface area contributed by atoms with E-state index in [9.17, 15) is 0 Å². The summed E-state index contributed by atoms with van der Waals surface area (Å²) in [6.07, 6.45) is 2.89. The standard InChI is InChI=1S/C15H18N2O3S/c1-18-14-3-2-11(17-8-13-7-16-10-21-13)6-15(14)20-12-4-5-19-9-12/h2-3,6-7,10,12,17H,4-5,8-9H2,1H3/t12-/m1/s1. The minimum atomic E-state index is 0.107. The van der Waals surface area contributed by atoms with Gasteiger partial charge in [-0.1, -0.05) is 0 Å². The molecule has 0 saturated carbocycles. The van der Waals surface area contributed by atoms with Crippen molar-refractivity contribution in [3.8, 4) is 11.5 Å². The second-order valence-electron chi connectivity index (χ2n) is 4.79. The normalized spacial score (nSPS) is 17.7. The monoisotopic (exact) mass is 306 g/mol. The Morgan fingerprint density at radius 2 is 2.38 bits per heavy atom. The molecule has 0 radical (unpaired) electrons. The molecule has 1 aliphatic heterocycles. The Morgan fingerprint density at radius 1 is 1.43 bits per heavy atom. The van der Waals surface area contributed by atoms with E-state index < -0.39 is 0 Å². The van der Waals surface area contributed by atoms with E-state index in [0.29, 0.717) is 6.61 Å².